The zero-order valence-electron chi connectivity index (χ0n) is 10.6. The zero-order valence-corrected chi connectivity index (χ0v) is 11.4. The molecule has 5 nitrogen and oxygen atoms in total. The number of amides is 1. The topological polar surface area (TPSA) is 77.8 Å². The highest BCUT2D eigenvalue weighted by Gasteiger charge is 2.08. The van der Waals surface area contributed by atoms with Crippen molar-refractivity contribution in [3.8, 4) is 6.07 Å². The Hall–Kier alpha value is -2.06. The lowest BCUT2D eigenvalue weighted by atomic mass is 10.2. The van der Waals surface area contributed by atoms with Crippen LogP contribution in [0.3, 0.4) is 0 Å². The van der Waals surface area contributed by atoms with E-state index in [0.29, 0.717) is 24.7 Å². The summed E-state index contributed by atoms with van der Waals surface area (Å²) < 4.78 is 0. The van der Waals surface area contributed by atoms with Crippen molar-refractivity contribution < 1.29 is 4.79 Å². The molecule has 0 saturated carbocycles. The lowest BCUT2D eigenvalue weighted by Gasteiger charge is -2.05. The first-order chi connectivity index (χ1) is 9.19. The normalized spacial score (nSPS) is 10.7. The Morgan fingerprint density at radius 1 is 1.63 bits per heavy atom. The van der Waals surface area contributed by atoms with Crippen molar-refractivity contribution in [1.82, 2.24) is 10.3 Å². The predicted octanol–water partition coefficient (Wildman–Crippen LogP) is 1.95. The van der Waals surface area contributed by atoms with Crippen molar-refractivity contribution in [3.63, 3.8) is 0 Å². The van der Waals surface area contributed by atoms with Gasteiger partial charge in [0.15, 0.2) is 0 Å². The highest BCUT2D eigenvalue weighted by atomic mass is 35.5. The maximum absolute atomic E-state index is 11.6. The summed E-state index contributed by atoms with van der Waals surface area (Å²) in [7, 11) is 0. The van der Waals surface area contributed by atoms with Gasteiger partial charge in [-0.25, -0.2) is 4.98 Å². The fourth-order valence-corrected chi connectivity index (χ4v) is 1.42. The molecule has 1 rings (SSSR count). The van der Waals surface area contributed by atoms with Gasteiger partial charge in [0.25, 0.3) is 5.91 Å². The van der Waals surface area contributed by atoms with E-state index >= 15 is 0 Å². The van der Waals surface area contributed by atoms with Crippen molar-refractivity contribution in [2.24, 2.45) is 0 Å². The smallest absolute Gasteiger partial charge is 0.263 e. The minimum absolute atomic E-state index is 0.000347. The molecule has 1 heterocycles. The van der Waals surface area contributed by atoms with Gasteiger partial charge in [0.1, 0.15) is 17.5 Å². The summed E-state index contributed by atoms with van der Waals surface area (Å²) in [6.45, 7) is 2.33. The van der Waals surface area contributed by atoms with Crippen molar-refractivity contribution >= 4 is 23.3 Å². The summed E-state index contributed by atoms with van der Waals surface area (Å²) >= 11 is 5.51. The summed E-state index contributed by atoms with van der Waals surface area (Å²) in [6.07, 6.45) is 3.65. The number of carbonyl (C=O) groups excluding carboxylic acids is 1. The van der Waals surface area contributed by atoms with Gasteiger partial charge < -0.3 is 10.6 Å². The molecular weight excluding hydrogens is 264 g/mol. The molecule has 6 heteroatoms. The first-order valence-corrected chi connectivity index (χ1v) is 6.35. The lowest BCUT2D eigenvalue weighted by molar-refractivity contribution is -0.117. The van der Waals surface area contributed by atoms with Crippen LogP contribution in [0.25, 0.3) is 0 Å². The molecule has 1 amide bonds. The molecule has 0 fully saturated rings. The van der Waals surface area contributed by atoms with Crippen LogP contribution in [0.5, 0.6) is 0 Å². The van der Waals surface area contributed by atoms with Crippen molar-refractivity contribution in [1.29, 1.82) is 5.26 Å². The van der Waals surface area contributed by atoms with Gasteiger partial charge in [0.2, 0.25) is 0 Å². The second-order valence-electron chi connectivity index (χ2n) is 3.78. The van der Waals surface area contributed by atoms with Crippen LogP contribution in [0.15, 0.2) is 30.1 Å². The number of aryl methyl sites for hydroxylation is 1. The van der Waals surface area contributed by atoms with Crippen molar-refractivity contribution in [3.05, 3.63) is 35.7 Å². The van der Waals surface area contributed by atoms with Crippen LogP contribution in [0.2, 0.25) is 0 Å². The average molecular weight is 279 g/mol. The van der Waals surface area contributed by atoms with Gasteiger partial charge in [-0.05, 0) is 25.0 Å². The van der Waals surface area contributed by atoms with Crippen LogP contribution in [0, 0.1) is 18.3 Å². The summed E-state index contributed by atoms with van der Waals surface area (Å²) in [6, 6.07) is 5.54. The Balaban J connectivity index is 2.65. The summed E-state index contributed by atoms with van der Waals surface area (Å²) in [5.74, 6) is 0.662. The van der Waals surface area contributed by atoms with Gasteiger partial charge >= 0.3 is 0 Å². The Labute approximate surface area is 117 Å². The minimum Gasteiger partial charge on any atom is -0.351 e. The SMILES string of the molecule is Cc1cccnc1N/C=C(/C#N)C(=O)NCCCCl. The highest BCUT2D eigenvalue weighted by Crippen LogP contribution is 2.09. The van der Waals surface area contributed by atoms with Crippen molar-refractivity contribution in [2.75, 3.05) is 17.7 Å². The standard InChI is InChI=1S/C13H15ClN4O/c1-10-4-2-6-16-12(10)18-9-11(8-15)13(19)17-7-3-5-14/h2,4,6,9H,3,5,7H2,1H3,(H,16,18)(H,17,19)/b11-9-. The molecular formula is C13H15ClN4O. The molecule has 2 N–H and O–H groups in total. The Kier molecular flexibility index (Phi) is 6.41. The fraction of sp³-hybridized carbons (Fsp3) is 0.308. The van der Waals surface area contributed by atoms with Crippen LogP contribution in [0.1, 0.15) is 12.0 Å². The number of nitrogens with one attached hydrogen (secondary N) is 2. The largest absolute Gasteiger partial charge is 0.351 e. The molecule has 0 atom stereocenters. The Bertz CT molecular complexity index is 508. The Morgan fingerprint density at radius 2 is 2.42 bits per heavy atom. The number of nitriles is 1. The molecule has 0 spiro atoms. The molecule has 100 valence electrons. The fourth-order valence-electron chi connectivity index (χ4n) is 1.29. The van der Waals surface area contributed by atoms with Gasteiger partial charge in [-0.2, -0.15) is 5.26 Å². The van der Waals surface area contributed by atoms with Crippen molar-refractivity contribution in [2.45, 2.75) is 13.3 Å². The average Bonchev–Trinajstić information content (AvgIpc) is 2.41. The molecule has 0 saturated heterocycles. The predicted molar refractivity (Wildman–Crippen MR) is 74.6 cm³/mol. The van der Waals surface area contributed by atoms with E-state index in [-0.39, 0.29) is 5.57 Å². The highest BCUT2D eigenvalue weighted by molar-refractivity contribution is 6.17. The number of halogens is 1. The number of hydrogen-bond acceptors (Lipinski definition) is 4. The molecule has 0 unspecified atom stereocenters. The van der Waals surface area contributed by atoms with E-state index < -0.39 is 5.91 Å². The van der Waals surface area contributed by atoms with E-state index in [9.17, 15) is 4.79 Å². The number of rotatable bonds is 6. The third-order valence-electron chi connectivity index (χ3n) is 2.32. The maximum atomic E-state index is 11.6. The van der Waals surface area contributed by atoms with Gasteiger partial charge in [-0.1, -0.05) is 6.07 Å². The molecule has 0 aromatic carbocycles. The number of nitrogens with zero attached hydrogens (tertiary/aromatic N) is 2. The second-order valence-corrected chi connectivity index (χ2v) is 4.16. The van der Waals surface area contributed by atoms with E-state index in [0.717, 1.165) is 5.56 Å². The molecule has 0 aliphatic heterocycles. The van der Waals surface area contributed by atoms with Crippen LogP contribution < -0.4 is 10.6 Å². The maximum Gasteiger partial charge on any atom is 0.263 e. The number of alkyl halides is 1. The number of carbonyl (C=O) groups is 1. The van der Waals surface area contributed by atoms with E-state index in [4.69, 9.17) is 16.9 Å². The number of anilines is 1. The number of hydrogen-bond donors (Lipinski definition) is 2. The summed E-state index contributed by atoms with van der Waals surface area (Å²) in [4.78, 5) is 15.8. The summed E-state index contributed by atoms with van der Waals surface area (Å²) in [5.41, 5.74) is 0.929. The van der Waals surface area contributed by atoms with Gasteiger partial charge in [0.05, 0.1) is 0 Å². The monoisotopic (exact) mass is 278 g/mol. The van der Waals surface area contributed by atoms with Crippen LogP contribution in [0.4, 0.5) is 5.82 Å². The lowest BCUT2D eigenvalue weighted by Crippen LogP contribution is -2.26. The van der Waals surface area contributed by atoms with Gasteiger partial charge in [0, 0.05) is 24.8 Å². The molecule has 0 bridgehead atoms. The van der Waals surface area contributed by atoms with E-state index in [1.807, 2.05) is 25.1 Å². The number of aromatic nitrogens is 1. The molecule has 1 aromatic rings. The second kappa shape index (κ2) is 8.11. The Morgan fingerprint density at radius 3 is 3.05 bits per heavy atom. The first kappa shape index (κ1) is 15.0. The molecule has 0 radical (unpaired) electrons. The molecule has 0 aliphatic carbocycles. The van der Waals surface area contributed by atoms with Gasteiger partial charge in [-0.15, -0.1) is 11.6 Å². The van der Waals surface area contributed by atoms with Crippen LogP contribution in [-0.4, -0.2) is 23.3 Å². The molecule has 0 aliphatic rings. The van der Waals surface area contributed by atoms with Crippen LogP contribution >= 0.6 is 11.6 Å². The first-order valence-electron chi connectivity index (χ1n) is 5.81. The summed E-state index contributed by atoms with van der Waals surface area (Å²) in [5, 5.41) is 14.4. The number of pyridine rings is 1. The van der Waals surface area contributed by atoms with E-state index in [2.05, 4.69) is 15.6 Å². The minimum atomic E-state index is -0.422. The van der Waals surface area contributed by atoms with E-state index in [1.165, 1.54) is 6.20 Å². The molecule has 1 aromatic heterocycles. The third kappa shape index (κ3) is 4.98. The quantitative estimate of drug-likeness (QED) is 0.361. The van der Waals surface area contributed by atoms with Gasteiger partial charge in [-0.3, -0.25) is 4.79 Å². The van der Waals surface area contributed by atoms with Crippen LogP contribution in [-0.2, 0) is 4.79 Å². The van der Waals surface area contributed by atoms with E-state index in [1.54, 1.807) is 6.20 Å². The molecule has 19 heavy (non-hydrogen) atoms. The third-order valence-corrected chi connectivity index (χ3v) is 2.59. The zero-order chi connectivity index (χ0) is 14.1.